The maximum Gasteiger partial charge on any atom is 0.129 e. The Hall–Kier alpha value is -0.260. The van der Waals surface area contributed by atoms with Crippen LogP contribution in [0.4, 0.5) is 5.82 Å². The molecule has 1 rings (SSSR count). The van der Waals surface area contributed by atoms with Crippen molar-refractivity contribution in [2.24, 2.45) is 0 Å². The van der Waals surface area contributed by atoms with E-state index >= 15 is 0 Å². The molecule has 1 heterocycles. The van der Waals surface area contributed by atoms with Gasteiger partial charge in [-0.1, -0.05) is 0 Å². The highest BCUT2D eigenvalue weighted by molar-refractivity contribution is 9.10. The maximum absolute atomic E-state index is 10.0. The van der Waals surface area contributed by atoms with E-state index in [1.54, 1.807) is 18.0 Å². The standard InChI is InChI=1S/C11H17BrN2OS/c1-8-4-9(12)5-13-10(8)14-6-11(2,15)7-16-3/h4-5,15H,6-7H2,1-3H3,(H,13,14)/t11-/m0/s1. The summed E-state index contributed by atoms with van der Waals surface area (Å²) in [4.78, 5) is 4.27. The first-order chi connectivity index (χ1) is 7.44. The quantitative estimate of drug-likeness (QED) is 0.878. The van der Waals surface area contributed by atoms with Gasteiger partial charge < -0.3 is 10.4 Å². The number of hydrogen-bond donors (Lipinski definition) is 2. The molecule has 1 aromatic rings. The van der Waals surface area contributed by atoms with Crippen molar-refractivity contribution >= 4 is 33.5 Å². The van der Waals surface area contributed by atoms with Crippen LogP contribution in [-0.4, -0.2) is 34.2 Å². The van der Waals surface area contributed by atoms with Crippen LogP contribution < -0.4 is 5.32 Å². The molecule has 0 amide bonds. The van der Waals surface area contributed by atoms with Gasteiger partial charge in [-0.2, -0.15) is 11.8 Å². The lowest BCUT2D eigenvalue weighted by atomic mass is 10.1. The Kier molecular flexibility index (Phi) is 5.08. The van der Waals surface area contributed by atoms with Crippen molar-refractivity contribution in [3.05, 3.63) is 22.3 Å². The fourth-order valence-corrected chi connectivity index (χ4v) is 2.53. The summed E-state index contributed by atoms with van der Waals surface area (Å²) in [6, 6.07) is 2.00. The summed E-state index contributed by atoms with van der Waals surface area (Å²) in [7, 11) is 0. The van der Waals surface area contributed by atoms with Crippen molar-refractivity contribution in [2.75, 3.05) is 23.9 Å². The normalized spacial score (nSPS) is 14.6. The molecule has 1 aromatic heterocycles. The van der Waals surface area contributed by atoms with Crippen molar-refractivity contribution < 1.29 is 5.11 Å². The molecule has 90 valence electrons. The average Bonchev–Trinajstić information content (AvgIpc) is 2.16. The second-order valence-electron chi connectivity index (χ2n) is 4.10. The first-order valence-corrected chi connectivity index (χ1v) is 7.20. The van der Waals surface area contributed by atoms with Gasteiger partial charge in [0.2, 0.25) is 0 Å². The largest absolute Gasteiger partial charge is 0.387 e. The van der Waals surface area contributed by atoms with E-state index in [0.717, 1.165) is 15.9 Å². The monoisotopic (exact) mass is 304 g/mol. The van der Waals surface area contributed by atoms with Crippen molar-refractivity contribution in [2.45, 2.75) is 19.4 Å². The third-order valence-electron chi connectivity index (χ3n) is 2.14. The molecule has 0 spiro atoms. The molecule has 0 radical (unpaired) electrons. The van der Waals surface area contributed by atoms with Gasteiger partial charge in [-0.15, -0.1) is 0 Å². The SMILES string of the molecule is CSC[C@@](C)(O)CNc1ncc(Br)cc1C. The van der Waals surface area contributed by atoms with Crippen LogP contribution in [0.25, 0.3) is 0 Å². The lowest BCUT2D eigenvalue weighted by Crippen LogP contribution is -2.36. The molecule has 0 aliphatic rings. The Morgan fingerprint density at radius 2 is 2.31 bits per heavy atom. The Labute approximate surface area is 109 Å². The predicted molar refractivity (Wildman–Crippen MR) is 74.2 cm³/mol. The molecule has 0 bridgehead atoms. The second kappa shape index (κ2) is 5.89. The van der Waals surface area contributed by atoms with E-state index in [9.17, 15) is 5.11 Å². The van der Waals surface area contributed by atoms with E-state index in [1.165, 1.54) is 0 Å². The van der Waals surface area contributed by atoms with E-state index in [2.05, 4.69) is 26.2 Å². The highest BCUT2D eigenvalue weighted by Gasteiger charge is 2.19. The van der Waals surface area contributed by atoms with Crippen LogP contribution in [0.3, 0.4) is 0 Å². The first-order valence-electron chi connectivity index (χ1n) is 5.02. The number of halogens is 1. The molecule has 0 aliphatic carbocycles. The number of aryl methyl sites for hydroxylation is 1. The summed E-state index contributed by atoms with van der Waals surface area (Å²) in [5.41, 5.74) is 0.356. The Balaban J connectivity index is 2.61. The van der Waals surface area contributed by atoms with Crippen LogP contribution in [0.2, 0.25) is 0 Å². The van der Waals surface area contributed by atoms with E-state index < -0.39 is 5.60 Å². The smallest absolute Gasteiger partial charge is 0.129 e. The van der Waals surface area contributed by atoms with Gasteiger partial charge in [0, 0.05) is 23.0 Å². The molecule has 2 N–H and O–H groups in total. The zero-order chi connectivity index (χ0) is 12.2. The molecule has 0 saturated carbocycles. The zero-order valence-electron chi connectivity index (χ0n) is 9.75. The highest BCUT2D eigenvalue weighted by Crippen LogP contribution is 2.18. The number of aliphatic hydroxyl groups is 1. The number of rotatable bonds is 5. The first kappa shape index (κ1) is 13.8. The van der Waals surface area contributed by atoms with E-state index in [-0.39, 0.29) is 0 Å². The van der Waals surface area contributed by atoms with Gasteiger partial charge >= 0.3 is 0 Å². The third kappa shape index (κ3) is 4.31. The number of hydrogen-bond acceptors (Lipinski definition) is 4. The number of thioether (sulfide) groups is 1. The molecule has 0 saturated heterocycles. The predicted octanol–water partition coefficient (Wildman–Crippen LogP) is 2.68. The van der Waals surface area contributed by atoms with Crippen LogP contribution in [0, 0.1) is 6.92 Å². The Morgan fingerprint density at radius 3 is 2.88 bits per heavy atom. The van der Waals surface area contributed by atoms with Crippen LogP contribution in [0.15, 0.2) is 16.7 Å². The minimum atomic E-state index is -0.708. The number of pyridine rings is 1. The molecule has 0 aromatic carbocycles. The lowest BCUT2D eigenvalue weighted by molar-refractivity contribution is 0.0996. The van der Waals surface area contributed by atoms with Crippen molar-refractivity contribution in [3.8, 4) is 0 Å². The molecular weight excluding hydrogens is 288 g/mol. The number of nitrogens with zero attached hydrogens (tertiary/aromatic N) is 1. The fourth-order valence-electron chi connectivity index (χ4n) is 1.36. The summed E-state index contributed by atoms with van der Waals surface area (Å²) in [5, 5.41) is 13.2. The van der Waals surface area contributed by atoms with Crippen molar-refractivity contribution in [1.82, 2.24) is 4.98 Å². The van der Waals surface area contributed by atoms with Crippen molar-refractivity contribution in [1.29, 1.82) is 0 Å². The fraction of sp³-hybridized carbons (Fsp3) is 0.545. The second-order valence-corrected chi connectivity index (χ2v) is 5.88. The molecule has 0 unspecified atom stereocenters. The summed E-state index contributed by atoms with van der Waals surface area (Å²) in [5.74, 6) is 1.53. The van der Waals surface area contributed by atoms with Gasteiger partial charge in [0.15, 0.2) is 0 Å². The van der Waals surface area contributed by atoms with E-state index in [0.29, 0.717) is 12.3 Å². The Morgan fingerprint density at radius 1 is 1.62 bits per heavy atom. The molecule has 16 heavy (non-hydrogen) atoms. The Bertz CT molecular complexity index is 358. The van der Waals surface area contributed by atoms with Gasteiger partial charge in [0.25, 0.3) is 0 Å². The summed E-state index contributed by atoms with van der Waals surface area (Å²) in [6.07, 6.45) is 3.73. The number of aromatic nitrogens is 1. The molecule has 3 nitrogen and oxygen atoms in total. The highest BCUT2D eigenvalue weighted by atomic mass is 79.9. The van der Waals surface area contributed by atoms with Crippen molar-refractivity contribution in [3.63, 3.8) is 0 Å². The molecular formula is C11H17BrN2OS. The summed E-state index contributed by atoms with van der Waals surface area (Å²) >= 11 is 5.00. The van der Waals surface area contributed by atoms with Gasteiger partial charge in [-0.3, -0.25) is 0 Å². The molecule has 1 atom stereocenters. The lowest BCUT2D eigenvalue weighted by Gasteiger charge is -2.23. The number of anilines is 1. The molecule has 5 heteroatoms. The minimum Gasteiger partial charge on any atom is -0.387 e. The minimum absolute atomic E-state index is 0.503. The van der Waals surface area contributed by atoms with Gasteiger partial charge in [-0.05, 0) is 47.7 Å². The summed E-state index contributed by atoms with van der Waals surface area (Å²) in [6.45, 7) is 4.32. The van der Waals surface area contributed by atoms with Crippen LogP contribution in [0.1, 0.15) is 12.5 Å². The van der Waals surface area contributed by atoms with Gasteiger partial charge in [0.1, 0.15) is 5.82 Å². The molecule has 0 aliphatic heterocycles. The average molecular weight is 305 g/mol. The number of nitrogens with one attached hydrogen (secondary N) is 1. The van der Waals surface area contributed by atoms with E-state index in [1.807, 2.05) is 26.2 Å². The van der Waals surface area contributed by atoms with Crippen LogP contribution >= 0.6 is 27.7 Å². The van der Waals surface area contributed by atoms with Gasteiger partial charge in [-0.25, -0.2) is 4.98 Å². The third-order valence-corrected chi connectivity index (χ3v) is 3.48. The van der Waals surface area contributed by atoms with Gasteiger partial charge in [0.05, 0.1) is 5.60 Å². The van der Waals surface area contributed by atoms with E-state index in [4.69, 9.17) is 0 Å². The topological polar surface area (TPSA) is 45.1 Å². The van der Waals surface area contributed by atoms with Crippen LogP contribution in [0.5, 0.6) is 0 Å². The van der Waals surface area contributed by atoms with Crippen LogP contribution in [-0.2, 0) is 0 Å². The summed E-state index contributed by atoms with van der Waals surface area (Å²) < 4.78 is 0.964. The maximum atomic E-state index is 10.0. The zero-order valence-corrected chi connectivity index (χ0v) is 12.2. The molecule has 0 fully saturated rings.